The van der Waals surface area contributed by atoms with E-state index in [4.69, 9.17) is 15.2 Å². The summed E-state index contributed by atoms with van der Waals surface area (Å²) in [7, 11) is 0. The summed E-state index contributed by atoms with van der Waals surface area (Å²) in [5.74, 6) is -0.737. The summed E-state index contributed by atoms with van der Waals surface area (Å²) in [4.78, 5) is 37.5. The summed E-state index contributed by atoms with van der Waals surface area (Å²) in [6.45, 7) is 5.50. The molecule has 0 aromatic heterocycles. The fraction of sp³-hybridized carbons (Fsp3) is 0.560. The highest BCUT2D eigenvalue weighted by atomic mass is 16.5. The molecule has 0 radical (unpaired) electrons. The lowest BCUT2D eigenvalue weighted by Gasteiger charge is -2.26. The first-order chi connectivity index (χ1) is 16.8. The van der Waals surface area contributed by atoms with Crippen molar-refractivity contribution < 1.29 is 29.0 Å². The topological polar surface area (TPSA) is 152 Å². The zero-order valence-corrected chi connectivity index (χ0v) is 20.5. The predicted octanol–water partition coefficient (Wildman–Crippen LogP) is 1.59. The Morgan fingerprint density at radius 2 is 1.89 bits per heavy atom. The molecule has 10 heteroatoms. The second kappa shape index (κ2) is 15.0. The molecular weight excluding hydrogens is 452 g/mol. The number of nitrogens with one attached hydrogen (secondary N) is 3. The summed E-state index contributed by atoms with van der Waals surface area (Å²) in [5, 5.41) is 17.6. The highest BCUT2D eigenvalue weighted by Gasteiger charge is 2.27. The van der Waals surface area contributed by atoms with E-state index >= 15 is 0 Å². The van der Waals surface area contributed by atoms with Crippen molar-refractivity contribution in [1.29, 1.82) is 0 Å². The van der Waals surface area contributed by atoms with Crippen LogP contribution < -0.4 is 26.4 Å². The summed E-state index contributed by atoms with van der Waals surface area (Å²) >= 11 is 0. The zero-order chi connectivity index (χ0) is 25.6. The number of unbranched alkanes of at least 4 members (excludes halogenated alkanes) is 1. The van der Waals surface area contributed by atoms with Gasteiger partial charge in [0.1, 0.15) is 24.4 Å². The number of aliphatic carboxylic acids is 1. The monoisotopic (exact) mass is 490 g/mol. The van der Waals surface area contributed by atoms with E-state index in [0.717, 1.165) is 5.56 Å². The van der Waals surface area contributed by atoms with Crippen LogP contribution in [-0.4, -0.2) is 67.5 Å². The maximum absolute atomic E-state index is 13.2. The molecule has 2 heterocycles. The van der Waals surface area contributed by atoms with Gasteiger partial charge in [0.2, 0.25) is 5.91 Å². The van der Waals surface area contributed by atoms with Gasteiger partial charge in [0.05, 0.1) is 19.3 Å². The molecule has 35 heavy (non-hydrogen) atoms. The van der Waals surface area contributed by atoms with E-state index in [9.17, 15) is 19.5 Å². The van der Waals surface area contributed by atoms with Crippen molar-refractivity contribution >= 4 is 17.9 Å². The largest absolute Gasteiger partial charge is 0.490 e. The van der Waals surface area contributed by atoms with Crippen molar-refractivity contribution in [3.05, 3.63) is 42.0 Å². The van der Waals surface area contributed by atoms with E-state index in [0.29, 0.717) is 45.0 Å². The first-order valence-corrected chi connectivity index (χ1v) is 12.0. The molecule has 194 valence electrons. The fourth-order valence-corrected chi connectivity index (χ4v) is 3.50. The number of carbonyl (C=O) groups is 3. The number of carbonyl (C=O) groups excluding carboxylic acids is 2. The number of rotatable bonds is 8. The fourth-order valence-electron chi connectivity index (χ4n) is 3.50. The van der Waals surface area contributed by atoms with E-state index < -0.39 is 24.1 Å². The Kier molecular flexibility index (Phi) is 12.1. The Hall–Kier alpha value is -3.11. The summed E-state index contributed by atoms with van der Waals surface area (Å²) in [5.41, 5.74) is 6.29. The molecule has 1 aromatic rings. The second-order valence-corrected chi connectivity index (χ2v) is 8.87. The van der Waals surface area contributed by atoms with Gasteiger partial charge in [0, 0.05) is 6.42 Å². The smallest absolute Gasteiger partial charge is 0.326 e. The third-order valence-electron chi connectivity index (χ3n) is 5.69. The van der Waals surface area contributed by atoms with Crippen molar-refractivity contribution in [3.8, 4) is 5.75 Å². The number of ether oxygens (including phenoxy) is 2. The second-order valence-electron chi connectivity index (χ2n) is 8.87. The van der Waals surface area contributed by atoms with Crippen LogP contribution in [0.2, 0.25) is 0 Å². The molecule has 3 rings (SSSR count). The molecule has 0 unspecified atom stereocenters. The summed E-state index contributed by atoms with van der Waals surface area (Å²) in [6, 6.07) is 4.29. The van der Waals surface area contributed by atoms with Crippen LogP contribution in [-0.2, 0) is 20.7 Å². The third-order valence-corrected chi connectivity index (χ3v) is 5.69. The zero-order valence-electron chi connectivity index (χ0n) is 20.5. The van der Waals surface area contributed by atoms with Crippen molar-refractivity contribution in [2.75, 3.05) is 26.4 Å². The Balaban J connectivity index is 2.18. The minimum absolute atomic E-state index is 0.0952. The lowest BCUT2D eigenvalue weighted by molar-refractivity contribution is -0.139. The molecule has 0 saturated heterocycles. The van der Waals surface area contributed by atoms with Gasteiger partial charge in [-0.3, -0.25) is 4.79 Å². The van der Waals surface area contributed by atoms with Gasteiger partial charge in [-0.2, -0.15) is 0 Å². The van der Waals surface area contributed by atoms with Crippen molar-refractivity contribution in [2.24, 2.45) is 11.7 Å². The number of benzene rings is 1. The van der Waals surface area contributed by atoms with Crippen LogP contribution in [0.3, 0.4) is 0 Å². The highest BCUT2D eigenvalue weighted by molar-refractivity contribution is 5.89. The molecule has 2 aliphatic heterocycles. The Bertz CT molecular complexity index is 843. The molecule has 0 fully saturated rings. The first kappa shape index (κ1) is 28.1. The van der Waals surface area contributed by atoms with Crippen molar-refractivity contribution in [1.82, 2.24) is 16.0 Å². The quantitative estimate of drug-likeness (QED) is 0.274. The van der Waals surface area contributed by atoms with Gasteiger partial charge in [-0.25, -0.2) is 9.59 Å². The number of urea groups is 1. The third kappa shape index (κ3) is 10.4. The Morgan fingerprint density at radius 1 is 1.17 bits per heavy atom. The maximum Gasteiger partial charge on any atom is 0.326 e. The molecule has 10 nitrogen and oxygen atoms in total. The molecule has 0 aliphatic carbocycles. The summed E-state index contributed by atoms with van der Waals surface area (Å²) < 4.78 is 11.4. The number of amides is 3. The first-order valence-electron chi connectivity index (χ1n) is 12.0. The molecule has 0 spiro atoms. The normalized spacial score (nSPS) is 21.0. The van der Waals surface area contributed by atoms with Crippen LogP contribution in [0.15, 0.2) is 36.4 Å². The van der Waals surface area contributed by atoms with Gasteiger partial charge in [0.25, 0.3) is 0 Å². The van der Waals surface area contributed by atoms with Crippen molar-refractivity contribution in [2.45, 2.75) is 57.7 Å². The molecule has 0 saturated carbocycles. The van der Waals surface area contributed by atoms with Crippen LogP contribution in [0.25, 0.3) is 0 Å². The van der Waals surface area contributed by atoms with Gasteiger partial charge in [-0.15, -0.1) is 0 Å². The van der Waals surface area contributed by atoms with Crippen LogP contribution in [0.5, 0.6) is 5.75 Å². The van der Waals surface area contributed by atoms with E-state index in [-0.39, 0.29) is 30.7 Å². The maximum atomic E-state index is 13.2. The van der Waals surface area contributed by atoms with Gasteiger partial charge in [-0.1, -0.05) is 32.1 Å². The van der Waals surface area contributed by atoms with Gasteiger partial charge in [-0.05, 0) is 55.5 Å². The Morgan fingerprint density at radius 3 is 2.54 bits per heavy atom. The lowest BCUT2D eigenvalue weighted by atomic mass is 10.0. The average molecular weight is 491 g/mol. The molecule has 2 bridgehead atoms. The Labute approximate surface area is 206 Å². The average Bonchev–Trinajstić information content (AvgIpc) is 2.81. The molecule has 3 atom stereocenters. The van der Waals surface area contributed by atoms with E-state index in [1.54, 1.807) is 12.1 Å². The minimum Gasteiger partial charge on any atom is -0.490 e. The molecule has 3 amide bonds. The van der Waals surface area contributed by atoms with Crippen molar-refractivity contribution in [3.63, 3.8) is 0 Å². The minimum atomic E-state index is -1.14. The van der Waals surface area contributed by atoms with Gasteiger partial charge in [0.15, 0.2) is 0 Å². The molecular formula is C25H38N4O6. The summed E-state index contributed by atoms with van der Waals surface area (Å²) in [6.07, 6.45) is 5.43. The number of hydrogen-bond donors (Lipinski definition) is 5. The number of carboxylic acid groups (broad SMARTS) is 1. The lowest BCUT2D eigenvalue weighted by Crippen LogP contribution is -2.56. The SMILES string of the molecule is CC(C)[C@H]1COC/C=C/COc2ccc(cc2)C[C@@H](NC(=O)N[C@@H](CCCCN)C(=O)O)C(=O)N1. The predicted molar refractivity (Wildman–Crippen MR) is 132 cm³/mol. The van der Waals surface area contributed by atoms with E-state index in [1.165, 1.54) is 0 Å². The van der Waals surface area contributed by atoms with E-state index in [2.05, 4.69) is 16.0 Å². The van der Waals surface area contributed by atoms with Gasteiger partial charge >= 0.3 is 12.0 Å². The number of carboxylic acids is 1. The standard InChI is InChI=1S/C25H38N4O6/c1-17(2)22-16-34-13-5-6-14-35-19-10-8-18(9-11-19)15-21(23(30)27-22)29-25(33)28-20(24(31)32)7-3-4-12-26/h5-6,8-11,17,20-22H,3-4,7,12-16,26H2,1-2H3,(H,27,30)(H,31,32)(H2,28,29,33)/b6-5+/t20-,21+,22+/m0/s1. The number of hydrogen-bond acceptors (Lipinski definition) is 6. The molecule has 1 aromatic carbocycles. The molecule has 2 aliphatic rings. The number of nitrogens with two attached hydrogens (primary N) is 1. The highest BCUT2D eigenvalue weighted by Crippen LogP contribution is 2.14. The molecule has 6 N–H and O–H groups in total. The van der Waals surface area contributed by atoms with Crippen LogP contribution in [0.4, 0.5) is 4.79 Å². The van der Waals surface area contributed by atoms with Crippen LogP contribution in [0, 0.1) is 5.92 Å². The van der Waals surface area contributed by atoms with Gasteiger partial charge < -0.3 is 36.3 Å². The van der Waals surface area contributed by atoms with E-state index in [1.807, 2.05) is 38.1 Å². The number of fused-ring (bicyclic) bond motifs is 12. The van der Waals surface area contributed by atoms with Crippen LogP contribution in [0.1, 0.15) is 38.7 Å². The van der Waals surface area contributed by atoms with Crippen LogP contribution >= 0.6 is 0 Å².